The van der Waals surface area contributed by atoms with Crippen molar-refractivity contribution in [1.82, 2.24) is 0 Å². The first-order valence-corrected chi connectivity index (χ1v) is 8.43. The van der Waals surface area contributed by atoms with Crippen LogP contribution < -0.4 is 9.88 Å². The lowest BCUT2D eigenvalue weighted by Crippen LogP contribution is -2.16. The highest BCUT2D eigenvalue weighted by Crippen LogP contribution is 2.24. The zero-order valence-electron chi connectivity index (χ0n) is 10.4. The summed E-state index contributed by atoms with van der Waals surface area (Å²) < 4.78 is 26.9. The molecule has 0 bridgehead atoms. The zero-order valence-corrected chi connectivity index (χ0v) is 12.8. The fraction of sp³-hybridized carbons (Fsp3) is 0.500. The molecule has 0 aliphatic rings. The maximum atomic E-state index is 10.7. The molecule has 0 aliphatic carbocycles. The van der Waals surface area contributed by atoms with Crippen molar-refractivity contribution >= 4 is 33.2 Å². The van der Waals surface area contributed by atoms with Crippen LogP contribution in [0.1, 0.15) is 25.7 Å². The predicted octanol–water partition coefficient (Wildman–Crippen LogP) is 3.22. The average Bonchev–Trinajstić information content (AvgIpc) is 2.25. The molecule has 1 rings (SSSR count). The quantitative estimate of drug-likeness (QED) is 0.746. The second-order valence-corrected chi connectivity index (χ2v) is 6.84. The van der Waals surface area contributed by atoms with Crippen LogP contribution in [0.2, 0.25) is 10.0 Å². The van der Waals surface area contributed by atoms with Gasteiger partial charge in [0.1, 0.15) is 5.75 Å². The SMILES string of the molecule is NS(=O)(=O)CCCCCCOc1cc(Cl)cc(Cl)c1. The van der Waals surface area contributed by atoms with E-state index in [9.17, 15) is 8.42 Å². The van der Waals surface area contributed by atoms with Crippen LogP contribution in [0.3, 0.4) is 0 Å². The molecule has 0 fully saturated rings. The molecule has 7 heteroatoms. The Morgan fingerprint density at radius 1 is 1.00 bits per heavy atom. The van der Waals surface area contributed by atoms with Gasteiger partial charge in [0.05, 0.1) is 12.4 Å². The molecule has 0 aliphatic heterocycles. The molecule has 0 aromatic heterocycles. The van der Waals surface area contributed by atoms with Gasteiger partial charge in [-0.25, -0.2) is 13.6 Å². The van der Waals surface area contributed by atoms with Crippen molar-refractivity contribution in [3.63, 3.8) is 0 Å². The Hall–Kier alpha value is -0.490. The third kappa shape index (κ3) is 8.31. The van der Waals surface area contributed by atoms with Crippen molar-refractivity contribution in [2.45, 2.75) is 25.7 Å². The fourth-order valence-corrected chi connectivity index (χ4v) is 2.67. The van der Waals surface area contributed by atoms with Crippen molar-refractivity contribution in [2.75, 3.05) is 12.4 Å². The molecule has 0 amide bonds. The molecule has 19 heavy (non-hydrogen) atoms. The number of rotatable bonds is 8. The zero-order chi connectivity index (χ0) is 14.3. The van der Waals surface area contributed by atoms with Gasteiger partial charge in [-0.1, -0.05) is 36.0 Å². The summed E-state index contributed by atoms with van der Waals surface area (Å²) >= 11 is 11.7. The highest BCUT2D eigenvalue weighted by Gasteiger charge is 2.02. The van der Waals surface area contributed by atoms with Gasteiger partial charge in [0.25, 0.3) is 0 Å². The summed E-state index contributed by atoms with van der Waals surface area (Å²) in [5.74, 6) is 0.680. The predicted molar refractivity (Wildman–Crippen MR) is 78.4 cm³/mol. The van der Waals surface area contributed by atoms with E-state index in [-0.39, 0.29) is 5.75 Å². The largest absolute Gasteiger partial charge is 0.493 e. The molecule has 4 nitrogen and oxygen atoms in total. The lowest BCUT2D eigenvalue weighted by atomic mass is 10.2. The van der Waals surface area contributed by atoms with Crippen LogP contribution in [0.15, 0.2) is 18.2 Å². The average molecular weight is 326 g/mol. The molecule has 2 N–H and O–H groups in total. The van der Waals surface area contributed by atoms with E-state index in [0.717, 1.165) is 19.3 Å². The Balaban J connectivity index is 2.14. The Morgan fingerprint density at radius 2 is 1.58 bits per heavy atom. The molecule has 108 valence electrons. The van der Waals surface area contributed by atoms with Gasteiger partial charge in [-0.3, -0.25) is 0 Å². The number of halogens is 2. The number of sulfonamides is 1. The first kappa shape index (κ1) is 16.6. The van der Waals surface area contributed by atoms with E-state index in [1.165, 1.54) is 0 Å². The third-order valence-electron chi connectivity index (χ3n) is 2.43. The standard InChI is InChI=1S/C12H17Cl2NO3S/c13-10-7-11(14)9-12(8-10)18-5-3-1-2-4-6-19(15,16)17/h7-9H,1-6H2,(H2,15,16,17). The van der Waals surface area contributed by atoms with Gasteiger partial charge in [0, 0.05) is 10.0 Å². The summed E-state index contributed by atoms with van der Waals surface area (Å²) in [6.07, 6.45) is 3.14. The molecule has 0 heterocycles. The van der Waals surface area contributed by atoms with E-state index >= 15 is 0 Å². The van der Waals surface area contributed by atoms with Crippen LogP contribution >= 0.6 is 23.2 Å². The highest BCUT2D eigenvalue weighted by atomic mass is 35.5. The van der Waals surface area contributed by atoms with Crippen molar-refractivity contribution in [3.05, 3.63) is 28.2 Å². The number of hydrogen-bond acceptors (Lipinski definition) is 3. The first-order chi connectivity index (χ1) is 8.87. The van der Waals surface area contributed by atoms with Gasteiger partial charge in [-0.05, 0) is 31.0 Å². The lowest BCUT2D eigenvalue weighted by molar-refractivity contribution is 0.305. The fourth-order valence-electron chi connectivity index (χ4n) is 1.56. The minimum atomic E-state index is -3.33. The number of hydrogen-bond donors (Lipinski definition) is 1. The third-order valence-corrected chi connectivity index (χ3v) is 3.72. The smallest absolute Gasteiger partial charge is 0.209 e. The van der Waals surface area contributed by atoms with Crippen LogP contribution in [0, 0.1) is 0 Å². The molecular weight excluding hydrogens is 309 g/mol. The minimum absolute atomic E-state index is 0.0394. The normalized spacial score (nSPS) is 11.5. The molecule has 0 radical (unpaired) electrons. The van der Waals surface area contributed by atoms with Gasteiger partial charge in [-0.2, -0.15) is 0 Å². The number of unbranched alkanes of at least 4 members (excludes halogenated alkanes) is 3. The summed E-state index contributed by atoms with van der Waals surface area (Å²) in [5.41, 5.74) is 0. The molecular formula is C12H17Cl2NO3S. The van der Waals surface area contributed by atoms with E-state index in [0.29, 0.717) is 28.8 Å². The van der Waals surface area contributed by atoms with Crippen molar-refractivity contribution in [3.8, 4) is 5.75 Å². The molecule has 0 saturated heterocycles. The number of nitrogens with two attached hydrogens (primary N) is 1. The van der Waals surface area contributed by atoms with Gasteiger partial charge >= 0.3 is 0 Å². The second kappa shape index (κ2) is 7.94. The van der Waals surface area contributed by atoms with Crippen LogP contribution in [-0.2, 0) is 10.0 Å². The van der Waals surface area contributed by atoms with E-state index in [1.807, 2.05) is 0 Å². The number of primary sulfonamides is 1. The van der Waals surface area contributed by atoms with E-state index in [4.69, 9.17) is 33.1 Å². The van der Waals surface area contributed by atoms with E-state index in [1.54, 1.807) is 18.2 Å². The Labute approximate surface area is 123 Å². The lowest BCUT2D eigenvalue weighted by Gasteiger charge is -2.07. The summed E-state index contributed by atoms with van der Waals surface area (Å²) in [5, 5.41) is 5.98. The molecule has 0 atom stereocenters. The monoisotopic (exact) mass is 325 g/mol. The van der Waals surface area contributed by atoms with Crippen LogP contribution in [0.25, 0.3) is 0 Å². The first-order valence-electron chi connectivity index (χ1n) is 5.96. The highest BCUT2D eigenvalue weighted by molar-refractivity contribution is 7.89. The topological polar surface area (TPSA) is 69.4 Å². The Bertz CT molecular complexity index is 485. The van der Waals surface area contributed by atoms with Crippen molar-refractivity contribution in [1.29, 1.82) is 0 Å². The summed E-state index contributed by atoms with van der Waals surface area (Å²) in [7, 11) is -3.33. The molecule has 0 unspecified atom stereocenters. The summed E-state index contributed by atoms with van der Waals surface area (Å²) in [4.78, 5) is 0. The van der Waals surface area contributed by atoms with Crippen molar-refractivity contribution < 1.29 is 13.2 Å². The van der Waals surface area contributed by atoms with Crippen LogP contribution in [0.5, 0.6) is 5.75 Å². The second-order valence-electron chi connectivity index (χ2n) is 4.23. The van der Waals surface area contributed by atoms with Gasteiger partial charge in [0.2, 0.25) is 10.0 Å². The minimum Gasteiger partial charge on any atom is -0.493 e. The van der Waals surface area contributed by atoms with E-state index in [2.05, 4.69) is 0 Å². The van der Waals surface area contributed by atoms with Gasteiger partial charge in [0.15, 0.2) is 0 Å². The van der Waals surface area contributed by atoms with Gasteiger partial charge in [-0.15, -0.1) is 0 Å². The molecule has 0 saturated carbocycles. The van der Waals surface area contributed by atoms with Crippen LogP contribution in [-0.4, -0.2) is 20.8 Å². The van der Waals surface area contributed by atoms with Crippen molar-refractivity contribution in [2.24, 2.45) is 5.14 Å². The molecule has 1 aromatic rings. The van der Waals surface area contributed by atoms with E-state index < -0.39 is 10.0 Å². The number of ether oxygens (including phenoxy) is 1. The molecule has 1 aromatic carbocycles. The number of benzene rings is 1. The van der Waals surface area contributed by atoms with Gasteiger partial charge < -0.3 is 4.74 Å². The molecule has 0 spiro atoms. The summed E-state index contributed by atoms with van der Waals surface area (Å²) in [6.45, 7) is 0.548. The Morgan fingerprint density at radius 3 is 2.16 bits per heavy atom. The summed E-state index contributed by atoms with van der Waals surface area (Å²) in [6, 6.07) is 5.05. The maximum Gasteiger partial charge on any atom is 0.209 e. The Kier molecular flexibility index (Phi) is 6.93. The maximum absolute atomic E-state index is 10.7. The van der Waals surface area contributed by atoms with Crippen LogP contribution in [0.4, 0.5) is 0 Å².